The molecule has 0 radical (unpaired) electrons. The van der Waals surface area contributed by atoms with E-state index in [9.17, 15) is 4.79 Å². The molecule has 128 valence electrons. The predicted octanol–water partition coefficient (Wildman–Crippen LogP) is 1.91. The molecule has 7 heteroatoms. The fourth-order valence-corrected chi connectivity index (χ4v) is 3.22. The van der Waals surface area contributed by atoms with Crippen molar-refractivity contribution in [3.63, 3.8) is 0 Å². The third-order valence-corrected chi connectivity index (χ3v) is 4.33. The molecule has 7 nitrogen and oxygen atoms in total. The maximum absolute atomic E-state index is 12.6. The number of likely N-dealkylation sites (tertiary alicyclic amines) is 1. The highest BCUT2D eigenvalue weighted by Crippen LogP contribution is 2.23. The van der Waals surface area contributed by atoms with Crippen molar-refractivity contribution in [2.45, 2.75) is 26.9 Å². The zero-order valence-corrected chi connectivity index (χ0v) is 14.3. The molecular formula is C17H23N5O2. The van der Waals surface area contributed by atoms with Crippen LogP contribution in [0.3, 0.4) is 0 Å². The Labute approximate surface area is 141 Å². The van der Waals surface area contributed by atoms with E-state index >= 15 is 0 Å². The molecule has 1 aliphatic rings. The van der Waals surface area contributed by atoms with Gasteiger partial charge in [0.05, 0.1) is 0 Å². The highest BCUT2D eigenvalue weighted by Gasteiger charge is 2.26. The number of aryl methyl sites for hydroxylation is 1. The van der Waals surface area contributed by atoms with Gasteiger partial charge in [-0.1, -0.05) is 13.8 Å². The topological polar surface area (TPSA) is 73.1 Å². The number of nitrogens with zero attached hydrogens (tertiary/aromatic N) is 5. The first kappa shape index (κ1) is 16.4. The second kappa shape index (κ2) is 6.98. The summed E-state index contributed by atoms with van der Waals surface area (Å²) in [7, 11) is 1.76. The van der Waals surface area contributed by atoms with Crippen LogP contribution in [0.25, 0.3) is 0 Å². The van der Waals surface area contributed by atoms with E-state index < -0.39 is 0 Å². The molecule has 2 atom stereocenters. The molecule has 1 fully saturated rings. The molecule has 1 amide bonds. The fourth-order valence-electron chi connectivity index (χ4n) is 3.22. The number of hydrogen-bond donors (Lipinski definition) is 0. The average Bonchev–Trinajstić information content (AvgIpc) is 2.97. The third kappa shape index (κ3) is 3.72. The van der Waals surface area contributed by atoms with Crippen LogP contribution in [0, 0.1) is 11.8 Å². The van der Waals surface area contributed by atoms with Crippen molar-refractivity contribution in [3.05, 3.63) is 35.7 Å². The van der Waals surface area contributed by atoms with Gasteiger partial charge in [0.15, 0.2) is 5.82 Å². The Morgan fingerprint density at radius 2 is 1.88 bits per heavy atom. The lowest BCUT2D eigenvalue weighted by Gasteiger charge is -2.35. The van der Waals surface area contributed by atoms with E-state index in [1.807, 2.05) is 29.2 Å². The Morgan fingerprint density at radius 3 is 2.46 bits per heavy atom. The summed E-state index contributed by atoms with van der Waals surface area (Å²) in [5.41, 5.74) is 0.698. The molecule has 0 N–H and O–H groups in total. The van der Waals surface area contributed by atoms with Gasteiger partial charge in [0.1, 0.15) is 12.4 Å². The minimum atomic E-state index is 0.0949. The van der Waals surface area contributed by atoms with Crippen molar-refractivity contribution < 1.29 is 9.53 Å². The van der Waals surface area contributed by atoms with Crippen LogP contribution in [0.2, 0.25) is 0 Å². The zero-order chi connectivity index (χ0) is 17.1. The van der Waals surface area contributed by atoms with Crippen molar-refractivity contribution in [2.75, 3.05) is 13.1 Å². The van der Waals surface area contributed by atoms with Crippen LogP contribution in [0.15, 0.2) is 24.3 Å². The summed E-state index contributed by atoms with van der Waals surface area (Å²) < 4.78 is 7.22. The first-order chi connectivity index (χ1) is 11.5. The quantitative estimate of drug-likeness (QED) is 0.857. The first-order valence-electron chi connectivity index (χ1n) is 8.26. The van der Waals surface area contributed by atoms with Gasteiger partial charge in [-0.25, -0.2) is 4.68 Å². The molecule has 1 saturated heterocycles. The number of aromatic nitrogens is 4. The van der Waals surface area contributed by atoms with Crippen molar-refractivity contribution in [3.8, 4) is 5.75 Å². The van der Waals surface area contributed by atoms with Gasteiger partial charge in [0.25, 0.3) is 5.91 Å². The molecule has 3 rings (SSSR count). The molecule has 1 aromatic heterocycles. The SMILES string of the molecule is C[C@H]1C[C@H](C)CN(C(=O)c2ccc(OCc3nnnn3C)cc2)C1. The van der Waals surface area contributed by atoms with Crippen LogP contribution in [-0.2, 0) is 13.7 Å². The highest BCUT2D eigenvalue weighted by atomic mass is 16.5. The third-order valence-electron chi connectivity index (χ3n) is 4.33. The van der Waals surface area contributed by atoms with Gasteiger partial charge in [0, 0.05) is 25.7 Å². The van der Waals surface area contributed by atoms with Gasteiger partial charge in [-0.2, -0.15) is 0 Å². The van der Waals surface area contributed by atoms with Gasteiger partial charge in [-0.3, -0.25) is 4.79 Å². The fraction of sp³-hybridized carbons (Fsp3) is 0.529. The molecule has 1 aromatic carbocycles. The summed E-state index contributed by atoms with van der Waals surface area (Å²) in [4.78, 5) is 14.6. The number of tetrazole rings is 1. The molecule has 0 bridgehead atoms. The van der Waals surface area contributed by atoms with E-state index in [0.29, 0.717) is 29.0 Å². The smallest absolute Gasteiger partial charge is 0.253 e. The molecular weight excluding hydrogens is 306 g/mol. The van der Waals surface area contributed by atoms with Crippen LogP contribution in [0.1, 0.15) is 36.5 Å². The maximum atomic E-state index is 12.6. The van der Waals surface area contributed by atoms with Crippen LogP contribution in [0.5, 0.6) is 5.75 Å². The van der Waals surface area contributed by atoms with E-state index in [1.165, 1.54) is 6.42 Å². The summed E-state index contributed by atoms with van der Waals surface area (Å²) in [5, 5.41) is 11.2. The summed E-state index contributed by atoms with van der Waals surface area (Å²) in [5.74, 6) is 2.54. The highest BCUT2D eigenvalue weighted by molar-refractivity contribution is 5.94. The standard InChI is InChI=1S/C17H23N5O2/c1-12-8-13(2)10-22(9-12)17(23)14-4-6-15(7-5-14)24-11-16-18-19-20-21(16)3/h4-7,12-13H,8-11H2,1-3H3/t12-,13-/m0/s1. The van der Waals surface area contributed by atoms with Crippen LogP contribution in [-0.4, -0.2) is 44.1 Å². The summed E-state index contributed by atoms with van der Waals surface area (Å²) in [6.45, 7) is 6.36. The van der Waals surface area contributed by atoms with Gasteiger partial charge in [0.2, 0.25) is 0 Å². The van der Waals surface area contributed by atoms with Crippen LogP contribution >= 0.6 is 0 Å². The number of hydrogen-bond acceptors (Lipinski definition) is 5. The van der Waals surface area contributed by atoms with E-state index in [1.54, 1.807) is 11.7 Å². The number of carbonyl (C=O) groups is 1. The lowest BCUT2D eigenvalue weighted by Crippen LogP contribution is -2.42. The molecule has 0 saturated carbocycles. The minimum absolute atomic E-state index is 0.0949. The predicted molar refractivity (Wildman–Crippen MR) is 88.4 cm³/mol. The van der Waals surface area contributed by atoms with Crippen molar-refractivity contribution in [2.24, 2.45) is 18.9 Å². The van der Waals surface area contributed by atoms with E-state index in [4.69, 9.17) is 4.74 Å². The maximum Gasteiger partial charge on any atom is 0.253 e. The number of ether oxygens (including phenoxy) is 1. The number of rotatable bonds is 4. The van der Waals surface area contributed by atoms with E-state index in [2.05, 4.69) is 29.4 Å². The lowest BCUT2D eigenvalue weighted by atomic mass is 9.91. The van der Waals surface area contributed by atoms with Crippen molar-refractivity contribution in [1.82, 2.24) is 25.1 Å². The minimum Gasteiger partial charge on any atom is -0.486 e. The van der Waals surface area contributed by atoms with Crippen LogP contribution in [0.4, 0.5) is 0 Å². The summed E-state index contributed by atoms with van der Waals surface area (Å²) >= 11 is 0. The van der Waals surface area contributed by atoms with E-state index in [0.717, 1.165) is 13.1 Å². The molecule has 0 aliphatic carbocycles. The van der Waals surface area contributed by atoms with Crippen LogP contribution < -0.4 is 4.74 Å². The Kier molecular flexibility index (Phi) is 4.78. The Balaban J connectivity index is 1.61. The summed E-state index contributed by atoms with van der Waals surface area (Å²) in [6.07, 6.45) is 1.19. The molecule has 2 heterocycles. The van der Waals surface area contributed by atoms with Gasteiger partial charge >= 0.3 is 0 Å². The Bertz CT molecular complexity index is 687. The second-order valence-electron chi connectivity index (χ2n) is 6.69. The Morgan fingerprint density at radius 1 is 1.21 bits per heavy atom. The van der Waals surface area contributed by atoms with Gasteiger partial charge < -0.3 is 9.64 Å². The number of carbonyl (C=O) groups excluding carboxylic acids is 1. The number of benzene rings is 1. The normalized spacial score (nSPS) is 20.9. The molecule has 0 unspecified atom stereocenters. The summed E-state index contributed by atoms with van der Waals surface area (Å²) in [6, 6.07) is 7.26. The molecule has 1 aliphatic heterocycles. The molecule has 0 spiro atoms. The van der Waals surface area contributed by atoms with Crippen molar-refractivity contribution in [1.29, 1.82) is 0 Å². The van der Waals surface area contributed by atoms with Gasteiger partial charge in [-0.15, -0.1) is 5.10 Å². The number of piperidine rings is 1. The number of amides is 1. The first-order valence-corrected chi connectivity index (χ1v) is 8.26. The lowest BCUT2D eigenvalue weighted by molar-refractivity contribution is 0.0623. The molecule has 24 heavy (non-hydrogen) atoms. The monoisotopic (exact) mass is 329 g/mol. The van der Waals surface area contributed by atoms with E-state index in [-0.39, 0.29) is 12.5 Å². The second-order valence-corrected chi connectivity index (χ2v) is 6.69. The largest absolute Gasteiger partial charge is 0.486 e. The average molecular weight is 329 g/mol. The van der Waals surface area contributed by atoms with Gasteiger partial charge in [-0.05, 0) is 52.9 Å². The van der Waals surface area contributed by atoms with Crippen molar-refractivity contribution >= 4 is 5.91 Å². The molecule has 2 aromatic rings. The zero-order valence-electron chi connectivity index (χ0n) is 14.3. The Hall–Kier alpha value is -2.44.